The van der Waals surface area contributed by atoms with Crippen LogP contribution in [-0.2, 0) is 4.84 Å². The molecule has 0 aliphatic carbocycles. The maximum absolute atomic E-state index is 13.3. The van der Waals surface area contributed by atoms with Crippen molar-refractivity contribution in [3.05, 3.63) is 29.1 Å². The van der Waals surface area contributed by atoms with Crippen LogP contribution < -0.4 is 5.48 Å². The van der Waals surface area contributed by atoms with Crippen LogP contribution in [0.2, 0.25) is 0 Å². The average molecular weight is 263 g/mol. The zero-order valence-corrected chi connectivity index (χ0v) is 9.76. The molecule has 100 valence electrons. The third-order valence-corrected chi connectivity index (χ3v) is 1.96. The number of amides is 1. The van der Waals surface area contributed by atoms with E-state index in [9.17, 15) is 18.0 Å². The minimum Gasteiger partial charge on any atom is -0.503 e. The van der Waals surface area contributed by atoms with Crippen molar-refractivity contribution in [1.82, 2.24) is 5.48 Å². The summed E-state index contributed by atoms with van der Waals surface area (Å²) in [5.74, 6) is -7.34. The monoisotopic (exact) mass is 263 g/mol. The first-order chi connectivity index (χ1) is 8.34. The molecule has 7 heteroatoms. The molecule has 1 amide bonds. The Kier molecular flexibility index (Phi) is 4.55. The van der Waals surface area contributed by atoms with Gasteiger partial charge in [0.25, 0.3) is 5.91 Å². The number of rotatable bonds is 4. The second-order valence-corrected chi connectivity index (χ2v) is 4.02. The number of carbonyl (C=O) groups excluding carboxylic acids is 1. The lowest BCUT2D eigenvalue weighted by molar-refractivity contribution is 0.0204. The predicted octanol–water partition coefficient (Wildman–Crippen LogP) is 2.13. The van der Waals surface area contributed by atoms with Crippen LogP contribution in [0.5, 0.6) is 5.75 Å². The summed E-state index contributed by atoms with van der Waals surface area (Å²) >= 11 is 0. The van der Waals surface area contributed by atoms with E-state index in [1.165, 1.54) is 0 Å². The molecular formula is C11H12F3NO3. The Bertz CT molecular complexity index is 463. The second kappa shape index (κ2) is 5.72. The van der Waals surface area contributed by atoms with Gasteiger partial charge in [-0.25, -0.2) is 14.3 Å². The van der Waals surface area contributed by atoms with Gasteiger partial charge in [0.15, 0.2) is 17.4 Å². The summed E-state index contributed by atoms with van der Waals surface area (Å²) in [6.45, 7) is 3.80. The number of hydrogen-bond donors (Lipinski definition) is 2. The highest BCUT2D eigenvalue weighted by Gasteiger charge is 2.22. The lowest BCUT2D eigenvalue weighted by Crippen LogP contribution is -2.26. The first kappa shape index (κ1) is 14.3. The summed E-state index contributed by atoms with van der Waals surface area (Å²) in [5.41, 5.74) is 1.03. The topological polar surface area (TPSA) is 58.6 Å². The van der Waals surface area contributed by atoms with Crippen molar-refractivity contribution < 1.29 is 27.9 Å². The zero-order chi connectivity index (χ0) is 13.9. The predicted molar refractivity (Wildman–Crippen MR) is 56.2 cm³/mol. The third-order valence-electron chi connectivity index (χ3n) is 1.96. The van der Waals surface area contributed by atoms with E-state index in [0.29, 0.717) is 6.07 Å². The summed E-state index contributed by atoms with van der Waals surface area (Å²) in [4.78, 5) is 16.1. The molecular weight excluding hydrogens is 251 g/mol. The summed E-state index contributed by atoms with van der Waals surface area (Å²) < 4.78 is 39.0. The van der Waals surface area contributed by atoms with Crippen molar-refractivity contribution in [1.29, 1.82) is 0 Å². The van der Waals surface area contributed by atoms with E-state index in [1.54, 1.807) is 0 Å². The van der Waals surface area contributed by atoms with Crippen LogP contribution in [0.4, 0.5) is 13.2 Å². The van der Waals surface area contributed by atoms with Gasteiger partial charge in [0, 0.05) is 0 Å². The number of nitrogens with one attached hydrogen (secondary N) is 1. The molecule has 18 heavy (non-hydrogen) atoms. The standard InChI is InChI=1S/C11H12F3NO3/c1-5(2)4-18-15-11(17)6-3-7(12)9(14)10(16)8(6)13/h3,5,16H,4H2,1-2H3,(H,15,17). The Hall–Kier alpha value is -1.76. The molecule has 1 rings (SSSR count). The summed E-state index contributed by atoms with van der Waals surface area (Å²) in [7, 11) is 0. The molecule has 0 aliphatic rings. The third kappa shape index (κ3) is 3.13. The van der Waals surface area contributed by atoms with Crippen LogP contribution in [0.3, 0.4) is 0 Å². The van der Waals surface area contributed by atoms with Gasteiger partial charge < -0.3 is 5.11 Å². The van der Waals surface area contributed by atoms with Crippen LogP contribution in [0.25, 0.3) is 0 Å². The van der Waals surface area contributed by atoms with Gasteiger partial charge in [-0.05, 0) is 12.0 Å². The van der Waals surface area contributed by atoms with E-state index in [2.05, 4.69) is 0 Å². The normalized spacial score (nSPS) is 10.8. The van der Waals surface area contributed by atoms with E-state index < -0.39 is 34.7 Å². The molecule has 0 saturated heterocycles. The molecule has 2 N–H and O–H groups in total. The Morgan fingerprint density at radius 2 is 2.00 bits per heavy atom. The van der Waals surface area contributed by atoms with Gasteiger partial charge >= 0.3 is 0 Å². The van der Waals surface area contributed by atoms with E-state index in [-0.39, 0.29) is 12.5 Å². The molecule has 0 atom stereocenters. The fourth-order valence-corrected chi connectivity index (χ4v) is 1.08. The Labute approximate surface area is 101 Å². The van der Waals surface area contributed by atoms with Gasteiger partial charge in [-0.1, -0.05) is 13.8 Å². The van der Waals surface area contributed by atoms with Gasteiger partial charge in [0.05, 0.1) is 12.2 Å². The number of benzene rings is 1. The minimum absolute atomic E-state index is 0.119. The van der Waals surface area contributed by atoms with E-state index in [4.69, 9.17) is 9.94 Å². The first-order valence-corrected chi connectivity index (χ1v) is 5.13. The maximum Gasteiger partial charge on any atom is 0.278 e. The SMILES string of the molecule is CC(C)CONC(=O)c1cc(F)c(F)c(O)c1F. The molecule has 4 nitrogen and oxygen atoms in total. The maximum atomic E-state index is 13.3. The highest BCUT2D eigenvalue weighted by Crippen LogP contribution is 2.25. The molecule has 0 unspecified atom stereocenters. The van der Waals surface area contributed by atoms with Crippen LogP contribution in [0.1, 0.15) is 24.2 Å². The minimum atomic E-state index is -1.74. The van der Waals surface area contributed by atoms with Crippen LogP contribution in [-0.4, -0.2) is 17.6 Å². The van der Waals surface area contributed by atoms with Gasteiger partial charge in [-0.3, -0.25) is 9.63 Å². The molecule has 0 fully saturated rings. The molecule has 1 aromatic rings. The molecule has 0 saturated carbocycles. The van der Waals surface area contributed by atoms with Gasteiger partial charge in [-0.15, -0.1) is 0 Å². The Morgan fingerprint density at radius 1 is 1.39 bits per heavy atom. The number of carbonyl (C=O) groups is 1. The summed E-state index contributed by atoms with van der Waals surface area (Å²) in [5, 5.41) is 8.92. The lowest BCUT2D eigenvalue weighted by atomic mass is 10.1. The number of hydrogen-bond acceptors (Lipinski definition) is 3. The van der Waals surface area contributed by atoms with Crippen LogP contribution in [0.15, 0.2) is 6.07 Å². The fourth-order valence-electron chi connectivity index (χ4n) is 1.08. The summed E-state index contributed by atoms with van der Waals surface area (Å²) in [6, 6.07) is 0.346. The molecule has 0 aliphatic heterocycles. The first-order valence-electron chi connectivity index (χ1n) is 5.13. The fraction of sp³-hybridized carbons (Fsp3) is 0.364. The smallest absolute Gasteiger partial charge is 0.278 e. The molecule has 0 aromatic heterocycles. The van der Waals surface area contributed by atoms with Crippen molar-refractivity contribution in [3.63, 3.8) is 0 Å². The number of hydroxylamine groups is 1. The van der Waals surface area contributed by atoms with E-state index in [1.807, 2.05) is 19.3 Å². The van der Waals surface area contributed by atoms with E-state index in [0.717, 1.165) is 0 Å². The number of aromatic hydroxyl groups is 1. The van der Waals surface area contributed by atoms with Crippen LogP contribution in [0, 0.1) is 23.4 Å². The molecule has 1 aromatic carbocycles. The molecule has 0 radical (unpaired) electrons. The van der Waals surface area contributed by atoms with Crippen molar-refractivity contribution in [3.8, 4) is 5.75 Å². The van der Waals surface area contributed by atoms with Gasteiger partial charge in [0.1, 0.15) is 0 Å². The van der Waals surface area contributed by atoms with Crippen molar-refractivity contribution >= 4 is 5.91 Å². The second-order valence-electron chi connectivity index (χ2n) is 4.02. The highest BCUT2D eigenvalue weighted by molar-refractivity contribution is 5.94. The molecule has 0 heterocycles. The molecule has 0 bridgehead atoms. The van der Waals surface area contributed by atoms with E-state index >= 15 is 0 Å². The Balaban J connectivity index is 2.87. The number of halogens is 3. The van der Waals surface area contributed by atoms with Crippen molar-refractivity contribution in [2.45, 2.75) is 13.8 Å². The lowest BCUT2D eigenvalue weighted by Gasteiger charge is -2.09. The number of phenolic OH excluding ortho intramolecular Hbond substituents is 1. The Morgan fingerprint density at radius 3 is 2.56 bits per heavy atom. The van der Waals surface area contributed by atoms with Crippen molar-refractivity contribution in [2.75, 3.05) is 6.61 Å². The highest BCUT2D eigenvalue weighted by atomic mass is 19.2. The quantitative estimate of drug-likeness (QED) is 0.646. The molecule has 0 spiro atoms. The van der Waals surface area contributed by atoms with Gasteiger partial charge in [0.2, 0.25) is 5.82 Å². The summed E-state index contributed by atoms with van der Waals surface area (Å²) in [6.07, 6.45) is 0. The average Bonchev–Trinajstić information content (AvgIpc) is 2.30. The zero-order valence-electron chi connectivity index (χ0n) is 9.76. The van der Waals surface area contributed by atoms with Crippen LogP contribution >= 0.6 is 0 Å². The largest absolute Gasteiger partial charge is 0.503 e. The number of phenols is 1. The van der Waals surface area contributed by atoms with Gasteiger partial charge in [-0.2, -0.15) is 4.39 Å². The van der Waals surface area contributed by atoms with Crippen molar-refractivity contribution in [2.24, 2.45) is 5.92 Å².